The van der Waals surface area contributed by atoms with Crippen LogP contribution in [0.25, 0.3) is 0 Å². The van der Waals surface area contributed by atoms with Gasteiger partial charge in [-0.2, -0.15) is 0 Å². The SMILES string of the molecule is CC1(C)O[C@H]2O[C@H]([C@H]3CO3)[C@H](F)[C@H]2O1. The molecule has 0 amide bonds. The highest BCUT2D eigenvalue weighted by Gasteiger charge is 2.59. The van der Waals surface area contributed by atoms with Crippen molar-refractivity contribution in [1.29, 1.82) is 0 Å². The Morgan fingerprint density at radius 1 is 1.21 bits per heavy atom. The highest BCUT2D eigenvalue weighted by molar-refractivity contribution is 4.99. The second-order valence-electron chi connectivity index (χ2n) is 4.39. The minimum Gasteiger partial charge on any atom is -0.370 e. The van der Waals surface area contributed by atoms with Crippen LogP contribution in [0.1, 0.15) is 13.8 Å². The summed E-state index contributed by atoms with van der Waals surface area (Å²) in [4.78, 5) is 0. The van der Waals surface area contributed by atoms with E-state index in [4.69, 9.17) is 18.9 Å². The number of hydrogen-bond acceptors (Lipinski definition) is 4. The topological polar surface area (TPSA) is 40.2 Å². The van der Waals surface area contributed by atoms with Gasteiger partial charge >= 0.3 is 0 Å². The number of halogens is 1. The van der Waals surface area contributed by atoms with Crippen LogP contribution in [0, 0.1) is 0 Å². The molecule has 3 heterocycles. The fraction of sp³-hybridized carbons (Fsp3) is 1.00. The van der Waals surface area contributed by atoms with Gasteiger partial charge in [0.05, 0.1) is 6.61 Å². The van der Waals surface area contributed by atoms with Crippen LogP contribution in [0.15, 0.2) is 0 Å². The highest BCUT2D eigenvalue weighted by atomic mass is 19.1. The first-order valence-electron chi connectivity index (χ1n) is 4.84. The minimum absolute atomic E-state index is 0.106. The normalized spacial score (nSPS) is 54.6. The Kier molecular flexibility index (Phi) is 1.72. The molecule has 0 aromatic carbocycles. The summed E-state index contributed by atoms with van der Waals surface area (Å²) in [5, 5.41) is 0. The maximum Gasteiger partial charge on any atom is 0.190 e. The third-order valence-corrected chi connectivity index (χ3v) is 2.73. The summed E-state index contributed by atoms with van der Waals surface area (Å²) in [6.07, 6.45) is -2.94. The highest BCUT2D eigenvalue weighted by Crippen LogP contribution is 2.41. The van der Waals surface area contributed by atoms with Crippen molar-refractivity contribution in [3.63, 3.8) is 0 Å². The van der Waals surface area contributed by atoms with Gasteiger partial charge in [0.2, 0.25) is 0 Å². The summed E-state index contributed by atoms with van der Waals surface area (Å²) < 4.78 is 35.0. The van der Waals surface area contributed by atoms with Crippen LogP contribution < -0.4 is 0 Å². The van der Waals surface area contributed by atoms with E-state index in [-0.39, 0.29) is 6.10 Å². The van der Waals surface area contributed by atoms with Crippen LogP contribution >= 0.6 is 0 Å². The molecule has 0 aliphatic carbocycles. The van der Waals surface area contributed by atoms with Crippen molar-refractivity contribution in [2.45, 2.75) is 50.4 Å². The number of epoxide rings is 1. The van der Waals surface area contributed by atoms with Gasteiger partial charge in [0, 0.05) is 0 Å². The van der Waals surface area contributed by atoms with Gasteiger partial charge in [0.1, 0.15) is 18.3 Å². The van der Waals surface area contributed by atoms with Crippen molar-refractivity contribution in [1.82, 2.24) is 0 Å². The van der Waals surface area contributed by atoms with Crippen LogP contribution in [0.4, 0.5) is 4.39 Å². The summed E-state index contributed by atoms with van der Waals surface area (Å²) in [6, 6.07) is 0. The zero-order valence-corrected chi connectivity index (χ0v) is 8.10. The third-order valence-electron chi connectivity index (χ3n) is 2.73. The van der Waals surface area contributed by atoms with E-state index in [2.05, 4.69) is 0 Å². The number of hydrogen-bond donors (Lipinski definition) is 0. The quantitative estimate of drug-likeness (QED) is 0.586. The molecule has 3 fully saturated rings. The molecule has 14 heavy (non-hydrogen) atoms. The average Bonchev–Trinajstić information content (AvgIpc) is 2.81. The largest absolute Gasteiger partial charge is 0.370 e. The summed E-state index contributed by atoms with van der Waals surface area (Å²) >= 11 is 0. The van der Waals surface area contributed by atoms with Crippen molar-refractivity contribution in [2.75, 3.05) is 6.61 Å². The molecule has 0 spiro atoms. The van der Waals surface area contributed by atoms with Crippen molar-refractivity contribution < 1.29 is 23.3 Å². The van der Waals surface area contributed by atoms with E-state index in [0.29, 0.717) is 6.61 Å². The molecule has 0 bridgehead atoms. The van der Waals surface area contributed by atoms with E-state index < -0.39 is 30.5 Å². The summed E-state index contributed by atoms with van der Waals surface area (Å²) in [7, 11) is 0. The fourth-order valence-electron chi connectivity index (χ4n) is 2.03. The second-order valence-corrected chi connectivity index (χ2v) is 4.39. The molecule has 0 aromatic rings. The standard InChI is InChI=1S/C9H13FO4/c1-9(2)13-7-5(10)6(4-3-11-4)12-8(7)14-9/h4-8H,3H2,1-2H3/t4-,5+,6-,7-,8-/m1/s1. The second kappa shape index (κ2) is 2.66. The Hall–Kier alpha value is -0.230. The van der Waals surface area contributed by atoms with Crippen molar-refractivity contribution in [3.8, 4) is 0 Å². The number of ether oxygens (including phenoxy) is 4. The molecule has 80 valence electrons. The zero-order valence-electron chi connectivity index (χ0n) is 8.10. The van der Waals surface area contributed by atoms with Crippen LogP contribution in [0.5, 0.6) is 0 Å². The maximum atomic E-state index is 13.8. The predicted molar refractivity (Wildman–Crippen MR) is 43.3 cm³/mol. The Morgan fingerprint density at radius 3 is 2.50 bits per heavy atom. The van der Waals surface area contributed by atoms with Crippen LogP contribution in [-0.4, -0.2) is 43.2 Å². The van der Waals surface area contributed by atoms with E-state index in [1.165, 1.54) is 0 Å². The predicted octanol–water partition coefficient (Wildman–Crippen LogP) is 0.600. The molecule has 3 aliphatic heterocycles. The van der Waals surface area contributed by atoms with Gasteiger partial charge < -0.3 is 18.9 Å². The zero-order chi connectivity index (χ0) is 9.92. The third kappa shape index (κ3) is 1.27. The van der Waals surface area contributed by atoms with Gasteiger partial charge in [-0.15, -0.1) is 0 Å². The minimum atomic E-state index is -1.14. The molecule has 3 rings (SSSR count). The van der Waals surface area contributed by atoms with Gasteiger partial charge in [-0.25, -0.2) is 4.39 Å². The van der Waals surface area contributed by atoms with E-state index in [9.17, 15) is 4.39 Å². The summed E-state index contributed by atoms with van der Waals surface area (Å²) in [6.45, 7) is 4.09. The molecule has 3 aliphatic rings. The molecule has 3 saturated heterocycles. The first kappa shape index (κ1) is 9.03. The van der Waals surface area contributed by atoms with Crippen molar-refractivity contribution >= 4 is 0 Å². The summed E-state index contributed by atoms with van der Waals surface area (Å²) in [5.74, 6) is -0.741. The van der Waals surface area contributed by atoms with Crippen LogP contribution in [0.2, 0.25) is 0 Å². The molecule has 5 atom stereocenters. The Labute approximate surface area is 81.3 Å². The van der Waals surface area contributed by atoms with E-state index in [1.807, 2.05) is 0 Å². The molecule has 5 heteroatoms. The van der Waals surface area contributed by atoms with Gasteiger partial charge in [-0.3, -0.25) is 0 Å². The van der Waals surface area contributed by atoms with Crippen molar-refractivity contribution in [3.05, 3.63) is 0 Å². The lowest BCUT2D eigenvalue weighted by molar-refractivity contribution is -0.212. The fourth-order valence-corrected chi connectivity index (χ4v) is 2.03. The molecule has 0 unspecified atom stereocenters. The Bertz CT molecular complexity index is 251. The van der Waals surface area contributed by atoms with E-state index in [1.54, 1.807) is 13.8 Å². The number of rotatable bonds is 1. The molecule has 0 saturated carbocycles. The maximum absolute atomic E-state index is 13.8. The lowest BCUT2D eigenvalue weighted by Crippen LogP contribution is -2.34. The van der Waals surface area contributed by atoms with Crippen LogP contribution in [0.3, 0.4) is 0 Å². The number of fused-ring (bicyclic) bond motifs is 1. The monoisotopic (exact) mass is 204 g/mol. The molecule has 0 radical (unpaired) electrons. The molecular formula is C9H13FO4. The summed E-state index contributed by atoms with van der Waals surface area (Å²) in [5.41, 5.74) is 0. The first-order valence-corrected chi connectivity index (χ1v) is 4.84. The lowest BCUT2D eigenvalue weighted by atomic mass is 10.1. The lowest BCUT2D eigenvalue weighted by Gasteiger charge is -2.21. The molecule has 0 aromatic heterocycles. The van der Waals surface area contributed by atoms with Gasteiger partial charge in [-0.05, 0) is 13.8 Å². The van der Waals surface area contributed by atoms with E-state index >= 15 is 0 Å². The smallest absolute Gasteiger partial charge is 0.190 e. The molecule has 4 nitrogen and oxygen atoms in total. The first-order chi connectivity index (χ1) is 6.57. The van der Waals surface area contributed by atoms with Gasteiger partial charge in [0.25, 0.3) is 0 Å². The molecular weight excluding hydrogens is 191 g/mol. The number of alkyl halides is 1. The Morgan fingerprint density at radius 2 is 1.93 bits per heavy atom. The van der Waals surface area contributed by atoms with Crippen molar-refractivity contribution in [2.24, 2.45) is 0 Å². The van der Waals surface area contributed by atoms with Gasteiger partial charge in [0.15, 0.2) is 18.2 Å². The van der Waals surface area contributed by atoms with Crippen LogP contribution in [-0.2, 0) is 18.9 Å². The average molecular weight is 204 g/mol. The Balaban J connectivity index is 1.74. The van der Waals surface area contributed by atoms with E-state index in [0.717, 1.165) is 0 Å². The molecule has 0 N–H and O–H groups in total. The van der Waals surface area contributed by atoms with Gasteiger partial charge in [-0.1, -0.05) is 0 Å².